The zero-order chi connectivity index (χ0) is 11.3. The SMILES string of the molecule is CN(CCCS)Cc1cc(F)ccc1F. The lowest BCUT2D eigenvalue weighted by atomic mass is 10.2. The van der Waals surface area contributed by atoms with Crippen molar-refractivity contribution in [2.75, 3.05) is 19.3 Å². The largest absolute Gasteiger partial charge is 0.302 e. The van der Waals surface area contributed by atoms with Crippen LogP contribution in [-0.4, -0.2) is 24.2 Å². The maximum Gasteiger partial charge on any atom is 0.127 e. The summed E-state index contributed by atoms with van der Waals surface area (Å²) in [6.07, 6.45) is 0.941. The Morgan fingerprint density at radius 2 is 2.07 bits per heavy atom. The molecule has 0 fully saturated rings. The summed E-state index contributed by atoms with van der Waals surface area (Å²) < 4.78 is 26.1. The monoisotopic (exact) mass is 231 g/mol. The molecule has 84 valence electrons. The summed E-state index contributed by atoms with van der Waals surface area (Å²) in [6, 6.07) is 3.54. The van der Waals surface area contributed by atoms with E-state index in [9.17, 15) is 8.78 Å². The molecule has 0 aliphatic rings. The maximum absolute atomic E-state index is 13.2. The molecule has 0 aliphatic carbocycles. The summed E-state index contributed by atoms with van der Waals surface area (Å²) in [5.74, 6) is 0.0544. The molecule has 0 atom stereocenters. The van der Waals surface area contributed by atoms with Crippen molar-refractivity contribution in [3.8, 4) is 0 Å². The number of thiol groups is 1. The first-order chi connectivity index (χ1) is 7.13. The molecule has 0 radical (unpaired) electrons. The van der Waals surface area contributed by atoms with Gasteiger partial charge in [-0.2, -0.15) is 12.6 Å². The van der Waals surface area contributed by atoms with Gasteiger partial charge in [0.2, 0.25) is 0 Å². The molecule has 0 aromatic heterocycles. The van der Waals surface area contributed by atoms with Crippen LogP contribution in [0.3, 0.4) is 0 Å². The van der Waals surface area contributed by atoms with Gasteiger partial charge in [0.25, 0.3) is 0 Å². The first kappa shape index (κ1) is 12.5. The fourth-order valence-electron chi connectivity index (χ4n) is 1.37. The van der Waals surface area contributed by atoms with Crippen molar-refractivity contribution >= 4 is 12.6 Å². The summed E-state index contributed by atoms with van der Waals surface area (Å²) in [5, 5.41) is 0. The molecule has 1 nitrogen and oxygen atoms in total. The number of benzene rings is 1. The minimum atomic E-state index is -0.394. The van der Waals surface area contributed by atoms with Crippen molar-refractivity contribution < 1.29 is 8.78 Å². The minimum Gasteiger partial charge on any atom is -0.302 e. The van der Waals surface area contributed by atoms with Crippen LogP contribution in [0, 0.1) is 11.6 Å². The second kappa shape index (κ2) is 6.08. The highest BCUT2D eigenvalue weighted by Crippen LogP contribution is 2.11. The average Bonchev–Trinajstić information content (AvgIpc) is 2.20. The van der Waals surface area contributed by atoms with Crippen molar-refractivity contribution in [1.82, 2.24) is 4.90 Å². The third kappa shape index (κ3) is 4.18. The molecule has 0 aliphatic heterocycles. The Labute approximate surface area is 94.5 Å². The van der Waals surface area contributed by atoms with E-state index >= 15 is 0 Å². The van der Waals surface area contributed by atoms with E-state index in [1.54, 1.807) is 0 Å². The van der Waals surface area contributed by atoms with Crippen LogP contribution < -0.4 is 0 Å². The molecule has 1 aromatic carbocycles. The Balaban J connectivity index is 2.59. The Hall–Kier alpha value is -0.610. The molecule has 0 N–H and O–H groups in total. The number of nitrogens with zero attached hydrogens (tertiary/aromatic N) is 1. The van der Waals surface area contributed by atoms with Gasteiger partial charge in [-0.15, -0.1) is 0 Å². The zero-order valence-electron chi connectivity index (χ0n) is 8.71. The minimum absolute atomic E-state index is 0.353. The van der Waals surface area contributed by atoms with Gasteiger partial charge < -0.3 is 4.90 Å². The highest BCUT2D eigenvalue weighted by atomic mass is 32.1. The fraction of sp³-hybridized carbons (Fsp3) is 0.455. The van der Waals surface area contributed by atoms with E-state index in [1.807, 2.05) is 11.9 Å². The topological polar surface area (TPSA) is 3.24 Å². The molecule has 0 saturated carbocycles. The lowest BCUT2D eigenvalue weighted by molar-refractivity contribution is 0.322. The van der Waals surface area contributed by atoms with Crippen molar-refractivity contribution in [3.63, 3.8) is 0 Å². The van der Waals surface area contributed by atoms with E-state index in [2.05, 4.69) is 12.6 Å². The van der Waals surface area contributed by atoms with Crippen LogP contribution in [0.25, 0.3) is 0 Å². The second-order valence-electron chi connectivity index (χ2n) is 3.55. The summed E-state index contributed by atoms with van der Waals surface area (Å²) in [7, 11) is 1.88. The molecule has 0 heterocycles. The molecule has 0 amide bonds. The van der Waals surface area contributed by atoms with Gasteiger partial charge in [-0.3, -0.25) is 0 Å². The maximum atomic E-state index is 13.2. The van der Waals surface area contributed by atoms with E-state index in [0.717, 1.165) is 30.9 Å². The molecule has 0 bridgehead atoms. The van der Waals surface area contributed by atoms with Crippen LogP contribution in [-0.2, 0) is 6.54 Å². The van der Waals surface area contributed by atoms with Crippen LogP contribution in [0.4, 0.5) is 8.78 Å². The molecule has 1 rings (SSSR count). The first-order valence-corrected chi connectivity index (χ1v) is 5.50. The van der Waals surface area contributed by atoms with E-state index in [4.69, 9.17) is 0 Å². The van der Waals surface area contributed by atoms with Gasteiger partial charge in [-0.05, 0) is 44.0 Å². The normalized spacial score (nSPS) is 11.0. The second-order valence-corrected chi connectivity index (χ2v) is 4.00. The summed E-state index contributed by atoms with van der Waals surface area (Å²) in [5.41, 5.74) is 0.400. The molecule has 0 spiro atoms. The molecular formula is C11H15F2NS. The van der Waals surface area contributed by atoms with E-state index in [1.165, 1.54) is 6.07 Å². The number of halogens is 2. The molecule has 4 heteroatoms. The van der Waals surface area contributed by atoms with Crippen LogP contribution in [0.15, 0.2) is 18.2 Å². The van der Waals surface area contributed by atoms with Gasteiger partial charge in [0.05, 0.1) is 0 Å². The Bertz CT molecular complexity index is 317. The predicted octanol–water partition coefficient (Wildman–Crippen LogP) is 2.72. The molecule has 0 saturated heterocycles. The van der Waals surface area contributed by atoms with Crippen LogP contribution in [0.1, 0.15) is 12.0 Å². The summed E-state index contributed by atoms with van der Waals surface area (Å²) in [4.78, 5) is 1.95. The number of hydrogen-bond acceptors (Lipinski definition) is 2. The zero-order valence-corrected chi connectivity index (χ0v) is 9.61. The van der Waals surface area contributed by atoms with Gasteiger partial charge in [-0.1, -0.05) is 0 Å². The fourth-order valence-corrected chi connectivity index (χ4v) is 1.52. The molecular weight excluding hydrogens is 216 g/mol. The lowest BCUT2D eigenvalue weighted by Gasteiger charge is -2.16. The summed E-state index contributed by atoms with van der Waals surface area (Å²) in [6.45, 7) is 1.26. The Morgan fingerprint density at radius 3 is 2.73 bits per heavy atom. The van der Waals surface area contributed by atoms with E-state index in [0.29, 0.717) is 12.1 Å². The standard InChI is InChI=1S/C11H15F2NS/c1-14(5-2-6-15)8-9-7-10(12)3-4-11(9)13/h3-4,7,15H,2,5-6,8H2,1H3. The molecule has 1 aromatic rings. The molecule has 15 heavy (non-hydrogen) atoms. The van der Waals surface area contributed by atoms with Crippen molar-refractivity contribution in [2.24, 2.45) is 0 Å². The Morgan fingerprint density at radius 1 is 1.33 bits per heavy atom. The predicted molar refractivity (Wildman–Crippen MR) is 61.2 cm³/mol. The third-order valence-electron chi connectivity index (χ3n) is 2.15. The van der Waals surface area contributed by atoms with Crippen molar-refractivity contribution in [1.29, 1.82) is 0 Å². The van der Waals surface area contributed by atoms with Crippen LogP contribution in [0.5, 0.6) is 0 Å². The smallest absolute Gasteiger partial charge is 0.127 e. The van der Waals surface area contributed by atoms with Gasteiger partial charge in [0.15, 0.2) is 0 Å². The van der Waals surface area contributed by atoms with Gasteiger partial charge in [-0.25, -0.2) is 8.78 Å². The number of rotatable bonds is 5. The summed E-state index contributed by atoms with van der Waals surface area (Å²) >= 11 is 4.10. The van der Waals surface area contributed by atoms with Gasteiger partial charge in [0.1, 0.15) is 11.6 Å². The van der Waals surface area contributed by atoms with E-state index in [-0.39, 0.29) is 5.82 Å². The average molecular weight is 231 g/mol. The number of hydrogen-bond donors (Lipinski definition) is 1. The molecule has 0 unspecified atom stereocenters. The quantitative estimate of drug-likeness (QED) is 0.763. The lowest BCUT2D eigenvalue weighted by Crippen LogP contribution is -2.20. The van der Waals surface area contributed by atoms with Crippen LogP contribution >= 0.6 is 12.6 Å². The first-order valence-electron chi connectivity index (χ1n) is 4.87. The van der Waals surface area contributed by atoms with Gasteiger partial charge >= 0.3 is 0 Å². The van der Waals surface area contributed by atoms with Crippen LogP contribution in [0.2, 0.25) is 0 Å². The van der Waals surface area contributed by atoms with Crippen molar-refractivity contribution in [3.05, 3.63) is 35.4 Å². The van der Waals surface area contributed by atoms with Crippen molar-refractivity contribution in [2.45, 2.75) is 13.0 Å². The van der Waals surface area contributed by atoms with Gasteiger partial charge in [0, 0.05) is 12.1 Å². The Kier molecular flexibility index (Phi) is 5.05. The van der Waals surface area contributed by atoms with E-state index < -0.39 is 5.82 Å². The highest BCUT2D eigenvalue weighted by molar-refractivity contribution is 7.80. The third-order valence-corrected chi connectivity index (χ3v) is 2.46. The highest BCUT2D eigenvalue weighted by Gasteiger charge is 2.06.